The first kappa shape index (κ1) is 18.0. The van der Waals surface area contributed by atoms with Gasteiger partial charge in [0.25, 0.3) is 0 Å². The van der Waals surface area contributed by atoms with Crippen molar-refractivity contribution >= 4 is 0 Å². The fourth-order valence-electron chi connectivity index (χ4n) is 2.66. The van der Waals surface area contributed by atoms with Gasteiger partial charge in [-0.1, -0.05) is 104 Å². The highest BCUT2D eigenvalue weighted by Gasteiger charge is 2.05. The molecule has 0 saturated carbocycles. The summed E-state index contributed by atoms with van der Waals surface area (Å²) in [6, 6.07) is 0. The molecule has 1 atom stereocenters. The van der Waals surface area contributed by atoms with E-state index in [2.05, 4.69) is 27.2 Å². The lowest BCUT2D eigenvalue weighted by molar-refractivity contribution is 0.397. The van der Waals surface area contributed by atoms with Gasteiger partial charge >= 0.3 is 0 Å². The monoisotopic (exact) mass is 253 g/mol. The van der Waals surface area contributed by atoms with Crippen molar-refractivity contribution in [1.82, 2.24) is 0 Å². The van der Waals surface area contributed by atoms with Crippen LogP contribution < -0.4 is 0 Å². The third-order valence-corrected chi connectivity index (χ3v) is 4.06. The van der Waals surface area contributed by atoms with Gasteiger partial charge in [-0.2, -0.15) is 0 Å². The van der Waals surface area contributed by atoms with Crippen LogP contribution >= 0.6 is 0 Å². The van der Waals surface area contributed by atoms with Crippen molar-refractivity contribution in [3.05, 3.63) is 6.42 Å². The molecule has 109 valence electrons. The Bertz CT molecular complexity index is 139. The molecule has 0 fully saturated rings. The molecule has 18 heavy (non-hydrogen) atoms. The van der Waals surface area contributed by atoms with E-state index >= 15 is 0 Å². The third-order valence-electron chi connectivity index (χ3n) is 4.06. The predicted molar refractivity (Wildman–Crippen MR) is 84.8 cm³/mol. The molecule has 0 aromatic rings. The molecule has 0 rings (SSSR count). The molecule has 0 heteroatoms. The maximum atomic E-state index is 2.48. The van der Waals surface area contributed by atoms with Crippen LogP contribution in [0.2, 0.25) is 0 Å². The van der Waals surface area contributed by atoms with Crippen molar-refractivity contribution in [2.24, 2.45) is 5.92 Å². The Morgan fingerprint density at radius 3 is 1.94 bits per heavy atom. The van der Waals surface area contributed by atoms with Gasteiger partial charge in [0.15, 0.2) is 0 Å². The molecule has 0 aliphatic rings. The molecule has 1 radical (unpaired) electrons. The molecule has 0 saturated heterocycles. The van der Waals surface area contributed by atoms with E-state index in [0.717, 1.165) is 5.92 Å². The number of unbranched alkanes of at least 4 members (excludes halogenated alkanes) is 9. The molecule has 1 unspecified atom stereocenters. The molecule has 0 heterocycles. The van der Waals surface area contributed by atoms with Crippen molar-refractivity contribution in [1.29, 1.82) is 0 Å². The maximum Gasteiger partial charge on any atom is -0.0386 e. The minimum Gasteiger partial charge on any atom is -0.0654 e. The molecule has 0 aliphatic heterocycles. The summed E-state index contributed by atoms with van der Waals surface area (Å²) in [5.41, 5.74) is 0. The SMILES string of the molecule is CCC[CH]CCCCC(CC)CCCCCCC. The Morgan fingerprint density at radius 1 is 0.667 bits per heavy atom. The zero-order chi connectivity index (χ0) is 13.5. The van der Waals surface area contributed by atoms with Crippen LogP contribution in [0.1, 0.15) is 104 Å². The fraction of sp³-hybridized carbons (Fsp3) is 0.944. The predicted octanol–water partition coefficient (Wildman–Crippen LogP) is 6.94. The van der Waals surface area contributed by atoms with Crippen molar-refractivity contribution in [2.45, 2.75) is 104 Å². The highest BCUT2D eigenvalue weighted by molar-refractivity contribution is 4.65. The van der Waals surface area contributed by atoms with E-state index in [9.17, 15) is 0 Å². The minimum atomic E-state index is 1.01. The summed E-state index contributed by atoms with van der Waals surface area (Å²) in [4.78, 5) is 0. The van der Waals surface area contributed by atoms with Gasteiger partial charge in [-0.05, 0) is 12.3 Å². The summed E-state index contributed by atoms with van der Waals surface area (Å²) < 4.78 is 0. The van der Waals surface area contributed by atoms with Gasteiger partial charge in [0.2, 0.25) is 0 Å². The lowest BCUT2D eigenvalue weighted by Gasteiger charge is -2.14. The van der Waals surface area contributed by atoms with Crippen molar-refractivity contribution < 1.29 is 0 Å². The summed E-state index contributed by atoms with van der Waals surface area (Å²) in [6.07, 6.45) is 20.9. The number of hydrogen-bond acceptors (Lipinski definition) is 0. The Kier molecular flexibility index (Phi) is 15.1. The second-order valence-corrected chi connectivity index (χ2v) is 5.84. The standard InChI is InChI=1S/C18H37/c1-4-7-9-11-13-15-17-18(6-3)16-14-12-10-8-5-2/h9,18H,4-8,10-17H2,1-3H3. The van der Waals surface area contributed by atoms with Crippen LogP contribution in [0.15, 0.2) is 0 Å². The minimum absolute atomic E-state index is 1.01. The van der Waals surface area contributed by atoms with Crippen LogP contribution in [0.3, 0.4) is 0 Å². The third kappa shape index (κ3) is 12.5. The van der Waals surface area contributed by atoms with E-state index in [4.69, 9.17) is 0 Å². The first-order chi connectivity index (χ1) is 8.85. The van der Waals surface area contributed by atoms with Gasteiger partial charge in [-0.25, -0.2) is 0 Å². The Hall–Kier alpha value is 0. The smallest absolute Gasteiger partial charge is 0.0386 e. The van der Waals surface area contributed by atoms with Gasteiger partial charge in [-0.15, -0.1) is 0 Å². The summed E-state index contributed by atoms with van der Waals surface area (Å²) in [5.74, 6) is 1.01. The van der Waals surface area contributed by atoms with Crippen molar-refractivity contribution in [2.75, 3.05) is 0 Å². The van der Waals surface area contributed by atoms with E-state index in [1.807, 2.05) is 0 Å². The molecule has 0 bridgehead atoms. The van der Waals surface area contributed by atoms with Gasteiger partial charge < -0.3 is 0 Å². The highest BCUT2D eigenvalue weighted by Crippen LogP contribution is 2.21. The van der Waals surface area contributed by atoms with Crippen LogP contribution in [0.25, 0.3) is 0 Å². The van der Waals surface area contributed by atoms with Crippen LogP contribution in [0.5, 0.6) is 0 Å². The molecular formula is C18H37. The van der Waals surface area contributed by atoms with E-state index in [-0.39, 0.29) is 0 Å². The van der Waals surface area contributed by atoms with Gasteiger partial charge in [0.1, 0.15) is 0 Å². The molecule has 0 aromatic carbocycles. The highest BCUT2D eigenvalue weighted by atomic mass is 14.1. The van der Waals surface area contributed by atoms with Crippen LogP contribution in [-0.4, -0.2) is 0 Å². The van der Waals surface area contributed by atoms with Crippen molar-refractivity contribution in [3.8, 4) is 0 Å². The normalized spacial score (nSPS) is 12.8. The number of hydrogen-bond donors (Lipinski definition) is 0. The molecule has 0 amide bonds. The fourth-order valence-corrected chi connectivity index (χ4v) is 2.66. The zero-order valence-electron chi connectivity index (χ0n) is 13.3. The second-order valence-electron chi connectivity index (χ2n) is 5.84. The lowest BCUT2D eigenvalue weighted by atomic mass is 9.92. The molecule has 0 aliphatic carbocycles. The average molecular weight is 253 g/mol. The van der Waals surface area contributed by atoms with Gasteiger partial charge in [-0.3, -0.25) is 0 Å². The van der Waals surface area contributed by atoms with Crippen LogP contribution in [0.4, 0.5) is 0 Å². The maximum absolute atomic E-state index is 2.48. The van der Waals surface area contributed by atoms with Gasteiger partial charge in [0, 0.05) is 0 Å². The average Bonchev–Trinajstić information content (AvgIpc) is 2.40. The van der Waals surface area contributed by atoms with Crippen LogP contribution in [-0.2, 0) is 0 Å². The van der Waals surface area contributed by atoms with Crippen LogP contribution in [0, 0.1) is 12.3 Å². The topological polar surface area (TPSA) is 0 Å². The first-order valence-corrected chi connectivity index (χ1v) is 8.66. The molecule has 0 spiro atoms. The Labute approximate surface area is 117 Å². The van der Waals surface area contributed by atoms with Crippen molar-refractivity contribution in [3.63, 3.8) is 0 Å². The second kappa shape index (κ2) is 15.1. The summed E-state index contributed by atoms with van der Waals surface area (Å²) >= 11 is 0. The quantitative estimate of drug-likeness (QED) is 0.294. The lowest BCUT2D eigenvalue weighted by Crippen LogP contribution is -1.99. The van der Waals surface area contributed by atoms with Gasteiger partial charge in [0.05, 0.1) is 0 Å². The summed E-state index contributed by atoms with van der Waals surface area (Å²) in [6.45, 7) is 6.94. The Balaban J connectivity index is 3.29. The summed E-state index contributed by atoms with van der Waals surface area (Å²) in [7, 11) is 0. The molecule has 0 N–H and O–H groups in total. The van der Waals surface area contributed by atoms with E-state index < -0.39 is 0 Å². The van der Waals surface area contributed by atoms with E-state index in [1.54, 1.807) is 0 Å². The van der Waals surface area contributed by atoms with E-state index in [1.165, 1.54) is 83.5 Å². The largest absolute Gasteiger partial charge is 0.0654 e. The molecule has 0 aromatic heterocycles. The number of rotatable bonds is 14. The molecular weight excluding hydrogens is 216 g/mol. The molecule has 0 nitrogen and oxygen atoms in total. The van der Waals surface area contributed by atoms with E-state index in [0.29, 0.717) is 0 Å². The Morgan fingerprint density at radius 2 is 1.33 bits per heavy atom. The first-order valence-electron chi connectivity index (χ1n) is 8.66. The zero-order valence-corrected chi connectivity index (χ0v) is 13.3. The summed E-state index contributed by atoms with van der Waals surface area (Å²) in [5, 5.41) is 0.